The maximum Gasteiger partial charge on any atom is 0.264 e. The molecule has 1 aromatic heterocycles. The second-order valence-electron chi connectivity index (χ2n) is 9.69. The van der Waals surface area contributed by atoms with Gasteiger partial charge in [-0.25, -0.2) is 13.4 Å². The lowest BCUT2D eigenvalue weighted by molar-refractivity contribution is -0.136. The monoisotopic (exact) mass is 539 g/mol. The van der Waals surface area contributed by atoms with Gasteiger partial charge in [-0.2, -0.15) is 0 Å². The Kier molecular flexibility index (Phi) is 9.28. The van der Waals surface area contributed by atoms with Crippen molar-refractivity contribution in [2.24, 2.45) is 5.92 Å². The first-order valence-corrected chi connectivity index (χ1v) is 14.8. The van der Waals surface area contributed by atoms with Crippen LogP contribution < -0.4 is 5.32 Å². The smallest absolute Gasteiger partial charge is 0.264 e. The molecule has 1 saturated heterocycles. The molecule has 1 aliphatic heterocycles. The SMILES string of the molecule is O=C(CCCNC(=O)C(CC(=O)N1CCCCC1)CS(=O)(=O)Cc1ccccc1)c1nc2ccccc2o1. The standard InChI is InChI=1S/C28H33N3O6S/c32-24(28-30-23-12-5-6-14-25(23)37-28)13-9-15-29-27(34)22(18-26(33)31-16-7-2-8-17-31)20-38(35,36)19-21-10-3-1-4-11-21/h1,3-6,10-12,14,22H,2,7-9,13,15-20H2,(H,29,34). The van der Waals surface area contributed by atoms with Gasteiger partial charge in [-0.3, -0.25) is 14.4 Å². The van der Waals surface area contributed by atoms with E-state index in [0.29, 0.717) is 36.2 Å². The summed E-state index contributed by atoms with van der Waals surface area (Å²) in [5.41, 5.74) is 1.76. The van der Waals surface area contributed by atoms with Crippen LogP contribution in [0.4, 0.5) is 0 Å². The summed E-state index contributed by atoms with van der Waals surface area (Å²) in [6.07, 6.45) is 3.14. The molecule has 9 nitrogen and oxygen atoms in total. The van der Waals surface area contributed by atoms with E-state index in [0.717, 1.165) is 19.3 Å². The molecule has 2 aromatic carbocycles. The van der Waals surface area contributed by atoms with Gasteiger partial charge in [-0.15, -0.1) is 0 Å². The van der Waals surface area contributed by atoms with E-state index in [-0.39, 0.29) is 42.7 Å². The van der Waals surface area contributed by atoms with Crippen LogP contribution in [0.3, 0.4) is 0 Å². The molecule has 0 bridgehead atoms. The molecular formula is C28H33N3O6S. The number of rotatable bonds is 12. The van der Waals surface area contributed by atoms with Crippen molar-refractivity contribution in [2.45, 2.75) is 44.3 Å². The van der Waals surface area contributed by atoms with Crippen molar-refractivity contribution in [3.05, 3.63) is 66.1 Å². The molecule has 1 unspecified atom stereocenters. The minimum Gasteiger partial charge on any atom is -0.434 e. The van der Waals surface area contributed by atoms with E-state index in [1.165, 1.54) is 0 Å². The molecule has 202 valence electrons. The number of nitrogens with one attached hydrogen (secondary N) is 1. The van der Waals surface area contributed by atoms with E-state index in [1.807, 2.05) is 0 Å². The summed E-state index contributed by atoms with van der Waals surface area (Å²) in [5, 5.41) is 2.73. The molecule has 0 aliphatic carbocycles. The third-order valence-corrected chi connectivity index (χ3v) is 8.28. The molecule has 1 atom stereocenters. The Balaban J connectivity index is 1.34. The van der Waals surface area contributed by atoms with Crippen LogP contribution in [0.2, 0.25) is 0 Å². The minimum absolute atomic E-state index is 0.0227. The number of piperidine rings is 1. The van der Waals surface area contributed by atoms with Crippen molar-refractivity contribution in [2.75, 3.05) is 25.4 Å². The molecule has 10 heteroatoms. The average molecular weight is 540 g/mol. The van der Waals surface area contributed by atoms with Gasteiger partial charge in [0.15, 0.2) is 15.4 Å². The van der Waals surface area contributed by atoms with E-state index in [1.54, 1.807) is 59.5 Å². The molecule has 2 heterocycles. The van der Waals surface area contributed by atoms with Crippen LogP contribution in [0.1, 0.15) is 54.8 Å². The second kappa shape index (κ2) is 12.8. The molecular weight excluding hydrogens is 506 g/mol. The lowest BCUT2D eigenvalue weighted by Crippen LogP contribution is -2.41. The zero-order valence-electron chi connectivity index (χ0n) is 21.3. The van der Waals surface area contributed by atoms with Crippen LogP contribution >= 0.6 is 0 Å². The van der Waals surface area contributed by atoms with Crippen LogP contribution in [-0.4, -0.2) is 61.3 Å². The number of carbonyl (C=O) groups excluding carboxylic acids is 3. The molecule has 38 heavy (non-hydrogen) atoms. The fourth-order valence-electron chi connectivity index (χ4n) is 4.61. The first kappa shape index (κ1) is 27.5. The lowest BCUT2D eigenvalue weighted by atomic mass is 10.0. The number of Topliss-reactive ketones (excluding diaryl/α,β-unsaturated/α-hetero) is 1. The summed E-state index contributed by atoms with van der Waals surface area (Å²) < 4.78 is 31.4. The largest absolute Gasteiger partial charge is 0.434 e. The van der Waals surface area contributed by atoms with Crippen LogP contribution in [0.15, 0.2) is 59.0 Å². The first-order chi connectivity index (χ1) is 18.3. The van der Waals surface area contributed by atoms with Crippen molar-refractivity contribution in [3.8, 4) is 0 Å². The number of hydrogen-bond donors (Lipinski definition) is 1. The van der Waals surface area contributed by atoms with Crippen LogP contribution in [0.25, 0.3) is 11.1 Å². The second-order valence-corrected chi connectivity index (χ2v) is 11.8. The quantitative estimate of drug-likeness (QED) is 0.276. The maximum atomic E-state index is 13.1. The Labute approximate surface area is 222 Å². The van der Waals surface area contributed by atoms with E-state index in [2.05, 4.69) is 10.3 Å². The van der Waals surface area contributed by atoms with Gasteiger partial charge in [-0.1, -0.05) is 42.5 Å². The molecule has 4 rings (SSSR count). The third-order valence-electron chi connectivity index (χ3n) is 6.60. The summed E-state index contributed by atoms with van der Waals surface area (Å²) in [5.74, 6) is -2.59. The number of carbonyl (C=O) groups is 3. The van der Waals surface area contributed by atoms with Crippen LogP contribution in [0.5, 0.6) is 0 Å². The minimum atomic E-state index is -3.65. The summed E-state index contributed by atoms with van der Waals surface area (Å²) in [4.78, 5) is 44.3. The molecule has 2 amide bonds. The Morgan fingerprint density at radius 3 is 2.42 bits per heavy atom. The molecule has 1 fully saturated rings. The summed E-state index contributed by atoms with van der Waals surface area (Å²) >= 11 is 0. The van der Waals surface area contributed by atoms with Crippen LogP contribution in [0, 0.1) is 5.92 Å². The predicted octanol–water partition coefficient (Wildman–Crippen LogP) is 3.54. The van der Waals surface area contributed by atoms with Gasteiger partial charge >= 0.3 is 0 Å². The molecule has 3 aromatic rings. The molecule has 1 aliphatic rings. The van der Waals surface area contributed by atoms with Gasteiger partial charge in [0.2, 0.25) is 17.6 Å². The summed E-state index contributed by atoms with van der Waals surface area (Å²) in [7, 11) is -3.65. The molecule has 0 radical (unpaired) electrons. The highest BCUT2D eigenvalue weighted by Crippen LogP contribution is 2.18. The highest BCUT2D eigenvalue weighted by molar-refractivity contribution is 7.90. The number of para-hydroxylation sites is 2. The van der Waals surface area contributed by atoms with Crippen LogP contribution in [-0.2, 0) is 25.2 Å². The summed E-state index contributed by atoms with van der Waals surface area (Å²) in [6, 6.07) is 15.9. The van der Waals surface area contributed by atoms with Crippen molar-refractivity contribution >= 4 is 38.5 Å². The number of ketones is 1. The fraction of sp³-hybridized carbons (Fsp3) is 0.429. The van der Waals surface area contributed by atoms with E-state index in [9.17, 15) is 22.8 Å². The number of benzene rings is 2. The zero-order valence-corrected chi connectivity index (χ0v) is 22.1. The number of aromatic nitrogens is 1. The summed E-state index contributed by atoms with van der Waals surface area (Å²) in [6.45, 7) is 1.42. The Bertz CT molecular complexity index is 1330. The Hall–Kier alpha value is -3.53. The normalized spacial score (nSPS) is 14.8. The Morgan fingerprint density at radius 1 is 0.974 bits per heavy atom. The van der Waals surface area contributed by atoms with Crippen molar-refractivity contribution in [1.29, 1.82) is 0 Å². The number of amides is 2. The number of sulfone groups is 1. The maximum absolute atomic E-state index is 13.1. The van der Waals surface area contributed by atoms with Gasteiger partial charge in [0.1, 0.15) is 5.52 Å². The average Bonchev–Trinajstić information content (AvgIpc) is 3.36. The number of hydrogen-bond acceptors (Lipinski definition) is 7. The third kappa shape index (κ3) is 7.74. The number of likely N-dealkylation sites (tertiary alicyclic amines) is 1. The van der Waals surface area contributed by atoms with Gasteiger partial charge in [0.05, 0.1) is 17.4 Å². The topological polar surface area (TPSA) is 127 Å². The van der Waals surface area contributed by atoms with Gasteiger partial charge in [0, 0.05) is 32.5 Å². The van der Waals surface area contributed by atoms with Gasteiger partial charge in [0.25, 0.3) is 5.89 Å². The molecule has 0 spiro atoms. The fourth-order valence-corrected chi connectivity index (χ4v) is 6.31. The van der Waals surface area contributed by atoms with Crippen molar-refractivity contribution in [1.82, 2.24) is 15.2 Å². The number of fused-ring (bicyclic) bond motifs is 1. The highest BCUT2D eigenvalue weighted by atomic mass is 32.2. The predicted molar refractivity (Wildman–Crippen MR) is 143 cm³/mol. The highest BCUT2D eigenvalue weighted by Gasteiger charge is 2.30. The first-order valence-electron chi connectivity index (χ1n) is 13.0. The van der Waals surface area contributed by atoms with Gasteiger partial charge in [-0.05, 0) is 43.4 Å². The van der Waals surface area contributed by atoms with Crippen molar-refractivity contribution in [3.63, 3.8) is 0 Å². The zero-order chi connectivity index (χ0) is 27.0. The lowest BCUT2D eigenvalue weighted by Gasteiger charge is -2.28. The molecule has 0 saturated carbocycles. The van der Waals surface area contributed by atoms with E-state index >= 15 is 0 Å². The van der Waals surface area contributed by atoms with Gasteiger partial charge < -0.3 is 14.6 Å². The van der Waals surface area contributed by atoms with E-state index < -0.39 is 27.4 Å². The molecule has 1 N–H and O–H groups in total. The number of oxazole rings is 1. The number of nitrogens with zero attached hydrogens (tertiary/aromatic N) is 2. The van der Waals surface area contributed by atoms with Crippen molar-refractivity contribution < 1.29 is 27.2 Å². The van der Waals surface area contributed by atoms with E-state index in [4.69, 9.17) is 4.42 Å². The Morgan fingerprint density at radius 2 is 1.68 bits per heavy atom.